The summed E-state index contributed by atoms with van der Waals surface area (Å²) in [6.07, 6.45) is 0. The van der Waals surface area contributed by atoms with Gasteiger partial charge in [-0.1, -0.05) is 23.9 Å². The highest BCUT2D eigenvalue weighted by atomic mass is 32.2. The summed E-state index contributed by atoms with van der Waals surface area (Å²) in [5, 5.41) is 4.75. The maximum Gasteiger partial charge on any atom is 0.294 e. The van der Waals surface area contributed by atoms with Gasteiger partial charge in [-0.3, -0.25) is 9.59 Å². The first kappa shape index (κ1) is 20.4. The molecule has 146 valence electrons. The van der Waals surface area contributed by atoms with Crippen molar-refractivity contribution in [2.75, 3.05) is 4.90 Å². The number of carbonyl (C=O) groups excluding carboxylic acids is 2. The molecule has 0 spiro atoms. The van der Waals surface area contributed by atoms with E-state index in [0.29, 0.717) is 11.4 Å². The molecule has 1 heterocycles. The molecule has 1 saturated heterocycles. The van der Waals surface area contributed by atoms with Crippen molar-refractivity contribution in [3.8, 4) is 0 Å². The molecule has 28 heavy (non-hydrogen) atoms. The molecule has 2 aromatic rings. The molecule has 0 bridgehead atoms. The largest absolute Gasteiger partial charge is 0.378 e. The summed E-state index contributed by atoms with van der Waals surface area (Å²) in [6.45, 7) is 1.87. The number of nitrogens with zero attached hydrogens (tertiary/aromatic N) is 2. The number of sulfonamides is 1. The third-order valence-corrected chi connectivity index (χ3v) is 6.76. The van der Waals surface area contributed by atoms with Crippen molar-refractivity contribution < 1.29 is 18.0 Å². The number of amidine groups is 1. The number of imide groups is 1. The topological polar surface area (TPSA) is 136 Å². The zero-order valence-electron chi connectivity index (χ0n) is 14.6. The molecule has 2 amide bonds. The van der Waals surface area contributed by atoms with Crippen LogP contribution < -0.4 is 15.8 Å². The maximum atomic E-state index is 12.6. The number of aliphatic imine (C=N–C) groups is 1. The number of benzene rings is 2. The number of anilines is 1. The minimum Gasteiger partial charge on any atom is -0.378 e. The van der Waals surface area contributed by atoms with E-state index in [1.807, 2.05) is 13.0 Å². The fourth-order valence-electron chi connectivity index (χ4n) is 2.44. The monoisotopic (exact) mass is 436 g/mol. The Morgan fingerprint density at radius 1 is 1.18 bits per heavy atom. The molecule has 4 N–H and O–H groups in total. The second kappa shape index (κ2) is 7.95. The minimum absolute atomic E-state index is 0.0430. The van der Waals surface area contributed by atoms with Crippen molar-refractivity contribution in [1.29, 1.82) is 0 Å². The van der Waals surface area contributed by atoms with Crippen LogP contribution in [-0.2, 0) is 14.8 Å². The van der Waals surface area contributed by atoms with Crippen LogP contribution >= 0.6 is 23.5 Å². The lowest BCUT2D eigenvalue weighted by molar-refractivity contribution is -0.115. The number of amides is 2. The predicted octanol–water partition coefficient (Wildman–Crippen LogP) is 2.55. The highest BCUT2D eigenvalue weighted by Gasteiger charge is 2.41. The van der Waals surface area contributed by atoms with E-state index in [9.17, 15) is 18.0 Å². The van der Waals surface area contributed by atoms with Crippen molar-refractivity contribution in [3.05, 3.63) is 54.1 Å². The molecule has 0 aliphatic carbocycles. The SMILES string of the molecule is Cc1cccc(N2C(=O)S[C@H](SC(N)=Nc3ccc(S(N)(=O)=O)cc3)C2=O)c1. The Kier molecular flexibility index (Phi) is 5.79. The van der Waals surface area contributed by atoms with E-state index < -0.39 is 14.6 Å². The molecule has 11 heteroatoms. The number of nitrogens with two attached hydrogens (primary N) is 2. The Morgan fingerprint density at radius 2 is 1.86 bits per heavy atom. The van der Waals surface area contributed by atoms with Gasteiger partial charge in [0, 0.05) is 0 Å². The Hall–Kier alpha value is -2.34. The van der Waals surface area contributed by atoms with E-state index in [-0.39, 0.29) is 21.2 Å². The summed E-state index contributed by atoms with van der Waals surface area (Å²) in [4.78, 5) is 30.2. The van der Waals surface area contributed by atoms with Crippen LogP contribution in [0.3, 0.4) is 0 Å². The number of aryl methyl sites for hydroxylation is 1. The lowest BCUT2D eigenvalue weighted by atomic mass is 10.2. The van der Waals surface area contributed by atoms with Crippen molar-refractivity contribution in [2.45, 2.75) is 16.4 Å². The summed E-state index contributed by atoms with van der Waals surface area (Å²) in [7, 11) is -3.79. The van der Waals surface area contributed by atoms with Gasteiger partial charge in [-0.15, -0.1) is 0 Å². The molecule has 2 aromatic carbocycles. The molecule has 0 radical (unpaired) electrons. The number of thioether (sulfide) groups is 2. The number of rotatable bonds is 4. The Morgan fingerprint density at radius 3 is 2.46 bits per heavy atom. The van der Waals surface area contributed by atoms with E-state index >= 15 is 0 Å². The second-order valence-corrected chi connectivity index (χ2v) is 9.88. The molecule has 1 fully saturated rings. The molecule has 0 unspecified atom stereocenters. The first-order valence-electron chi connectivity index (χ1n) is 7.90. The molecule has 0 saturated carbocycles. The lowest BCUT2D eigenvalue weighted by Crippen LogP contribution is -2.31. The Bertz CT molecular complexity index is 1070. The van der Waals surface area contributed by atoms with Gasteiger partial charge < -0.3 is 5.73 Å². The quantitative estimate of drug-likeness (QED) is 0.555. The number of carbonyl (C=O) groups is 2. The molecular formula is C17H16N4O4S3. The van der Waals surface area contributed by atoms with E-state index in [4.69, 9.17) is 10.9 Å². The van der Waals surface area contributed by atoms with Crippen molar-refractivity contribution in [1.82, 2.24) is 0 Å². The van der Waals surface area contributed by atoms with E-state index in [1.54, 1.807) is 18.2 Å². The lowest BCUT2D eigenvalue weighted by Gasteiger charge is -2.14. The van der Waals surface area contributed by atoms with Crippen molar-refractivity contribution in [2.24, 2.45) is 15.9 Å². The van der Waals surface area contributed by atoms with Gasteiger partial charge in [-0.05, 0) is 60.6 Å². The van der Waals surface area contributed by atoms with Gasteiger partial charge in [0.15, 0.2) is 5.17 Å². The predicted molar refractivity (Wildman–Crippen MR) is 112 cm³/mol. The van der Waals surface area contributed by atoms with Crippen LogP contribution in [-0.4, -0.2) is 29.3 Å². The Balaban J connectivity index is 1.74. The van der Waals surface area contributed by atoms with Crippen molar-refractivity contribution >= 4 is 61.2 Å². The number of primary sulfonamides is 1. The highest BCUT2D eigenvalue weighted by Crippen LogP contribution is 2.38. The highest BCUT2D eigenvalue weighted by molar-refractivity contribution is 8.31. The zero-order chi connectivity index (χ0) is 20.5. The number of hydrogen-bond donors (Lipinski definition) is 2. The second-order valence-electron chi connectivity index (χ2n) is 5.84. The van der Waals surface area contributed by atoms with Gasteiger partial charge in [0.05, 0.1) is 16.3 Å². The van der Waals surface area contributed by atoms with Crippen LogP contribution in [0.25, 0.3) is 0 Å². The third-order valence-electron chi connectivity index (χ3n) is 3.70. The fourth-order valence-corrected chi connectivity index (χ4v) is 4.96. The fraction of sp³-hybridized carbons (Fsp3) is 0.118. The van der Waals surface area contributed by atoms with Gasteiger partial charge in [-0.2, -0.15) is 0 Å². The minimum atomic E-state index is -3.79. The van der Waals surface area contributed by atoms with Crippen LogP contribution in [0.4, 0.5) is 16.2 Å². The van der Waals surface area contributed by atoms with E-state index in [0.717, 1.165) is 34.0 Å². The van der Waals surface area contributed by atoms with Gasteiger partial charge in [0.2, 0.25) is 10.0 Å². The van der Waals surface area contributed by atoms with Gasteiger partial charge in [-0.25, -0.2) is 23.4 Å². The summed E-state index contributed by atoms with van der Waals surface area (Å²) >= 11 is 1.83. The summed E-state index contributed by atoms with van der Waals surface area (Å²) in [6, 6.07) is 12.6. The summed E-state index contributed by atoms with van der Waals surface area (Å²) < 4.78 is 21.8. The summed E-state index contributed by atoms with van der Waals surface area (Å²) in [5.74, 6) is -0.381. The van der Waals surface area contributed by atoms with Gasteiger partial charge in [0.1, 0.15) is 4.58 Å². The van der Waals surface area contributed by atoms with Crippen LogP contribution in [0.1, 0.15) is 5.56 Å². The van der Waals surface area contributed by atoms with Crippen molar-refractivity contribution in [3.63, 3.8) is 0 Å². The smallest absolute Gasteiger partial charge is 0.294 e. The maximum absolute atomic E-state index is 12.6. The zero-order valence-corrected chi connectivity index (χ0v) is 17.1. The molecule has 0 aromatic heterocycles. The van der Waals surface area contributed by atoms with Crippen LogP contribution in [0.5, 0.6) is 0 Å². The Labute approximate surface area is 170 Å². The van der Waals surface area contributed by atoms with E-state index in [2.05, 4.69) is 4.99 Å². The first-order valence-corrected chi connectivity index (χ1v) is 11.2. The van der Waals surface area contributed by atoms with Crippen LogP contribution in [0.2, 0.25) is 0 Å². The average Bonchev–Trinajstić information content (AvgIpc) is 2.88. The van der Waals surface area contributed by atoms with Gasteiger partial charge >= 0.3 is 0 Å². The molecule has 3 rings (SSSR count). The summed E-state index contributed by atoms with van der Waals surface area (Å²) in [5.41, 5.74) is 7.74. The molecule has 1 aliphatic heterocycles. The van der Waals surface area contributed by atoms with E-state index in [1.165, 1.54) is 24.3 Å². The van der Waals surface area contributed by atoms with Crippen LogP contribution in [0.15, 0.2) is 58.4 Å². The molecule has 1 atom stereocenters. The molecular weight excluding hydrogens is 420 g/mol. The van der Waals surface area contributed by atoms with Gasteiger partial charge in [0.25, 0.3) is 11.1 Å². The normalized spacial score (nSPS) is 18.0. The first-order chi connectivity index (χ1) is 13.1. The van der Waals surface area contributed by atoms with Crippen LogP contribution in [0, 0.1) is 6.92 Å². The number of hydrogen-bond acceptors (Lipinski definition) is 7. The molecule has 1 aliphatic rings. The average molecular weight is 437 g/mol. The third kappa shape index (κ3) is 4.55. The standard InChI is InChI=1S/C17H16N4O4S3/c1-10-3-2-4-12(9-10)21-14(22)15(27-17(21)23)26-16(18)20-11-5-7-13(8-6-11)28(19,24)25/h2-9,15H,1H3,(H2,18,20)(H2,19,24,25)/t15-/m0/s1. The molecule has 8 nitrogen and oxygen atoms in total.